The third-order valence-electron chi connectivity index (χ3n) is 6.01. The first kappa shape index (κ1) is 21.0. The number of carbonyl (C=O) groups is 2. The normalized spacial score (nSPS) is 21.3. The maximum atomic E-state index is 12.4. The van der Waals surface area contributed by atoms with E-state index < -0.39 is 5.60 Å². The van der Waals surface area contributed by atoms with Gasteiger partial charge in [0.15, 0.2) is 0 Å². The van der Waals surface area contributed by atoms with Crippen LogP contribution in [-0.2, 0) is 14.3 Å². The van der Waals surface area contributed by atoms with Gasteiger partial charge in [-0.05, 0) is 71.1 Å². The van der Waals surface area contributed by atoms with Gasteiger partial charge in [-0.1, -0.05) is 19.3 Å². The lowest BCUT2D eigenvalue weighted by Crippen LogP contribution is -2.48. The molecule has 0 atom stereocenters. The molecule has 0 aromatic carbocycles. The Bertz CT molecular complexity index is 469. The Morgan fingerprint density at radius 3 is 2.23 bits per heavy atom. The Morgan fingerprint density at radius 2 is 1.69 bits per heavy atom. The second-order valence-corrected chi connectivity index (χ2v) is 8.97. The van der Waals surface area contributed by atoms with Crippen LogP contribution >= 0.6 is 0 Å². The maximum Gasteiger partial charge on any atom is 0.410 e. The Morgan fingerprint density at radius 1 is 1.08 bits per heavy atom. The Labute approximate surface area is 158 Å². The highest BCUT2D eigenvalue weighted by Crippen LogP contribution is 2.49. The first-order valence-electron chi connectivity index (χ1n) is 10.4. The van der Waals surface area contributed by atoms with Crippen molar-refractivity contribution < 1.29 is 19.1 Å². The molecule has 0 aromatic rings. The summed E-state index contributed by atoms with van der Waals surface area (Å²) >= 11 is 0. The summed E-state index contributed by atoms with van der Waals surface area (Å²) in [5.74, 6) is 0.587. The molecule has 2 rings (SSSR count). The highest BCUT2D eigenvalue weighted by atomic mass is 16.6. The molecule has 0 bridgehead atoms. The van der Waals surface area contributed by atoms with Crippen molar-refractivity contribution in [1.29, 1.82) is 0 Å². The van der Waals surface area contributed by atoms with E-state index >= 15 is 0 Å². The molecule has 0 N–H and O–H groups in total. The molecule has 0 spiro atoms. The predicted octanol–water partition coefficient (Wildman–Crippen LogP) is 4.93. The molecule has 0 radical (unpaired) electrons. The van der Waals surface area contributed by atoms with Crippen LogP contribution in [0.4, 0.5) is 4.79 Å². The van der Waals surface area contributed by atoms with Crippen LogP contribution in [0.3, 0.4) is 0 Å². The summed E-state index contributed by atoms with van der Waals surface area (Å²) in [6.45, 7) is 9.47. The van der Waals surface area contributed by atoms with Crippen LogP contribution in [0.1, 0.15) is 85.5 Å². The fourth-order valence-electron chi connectivity index (χ4n) is 4.62. The number of nitrogens with zero attached hydrogens (tertiary/aromatic N) is 1. The fraction of sp³-hybridized carbons (Fsp3) is 0.905. The van der Waals surface area contributed by atoms with E-state index in [1.165, 1.54) is 32.1 Å². The molecule has 1 amide bonds. The molecular formula is C21H37NO4. The van der Waals surface area contributed by atoms with Gasteiger partial charge < -0.3 is 14.4 Å². The van der Waals surface area contributed by atoms with E-state index in [-0.39, 0.29) is 17.5 Å². The summed E-state index contributed by atoms with van der Waals surface area (Å²) in [6, 6.07) is 0. The minimum atomic E-state index is -0.459. The van der Waals surface area contributed by atoms with Crippen LogP contribution in [0.5, 0.6) is 0 Å². The lowest BCUT2D eigenvalue weighted by Gasteiger charge is -2.48. The largest absolute Gasteiger partial charge is 0.466 e. The van der Waals surface area contributed by atoms with Crippen LogP contribution in [0, 0.1) is 11.3 Å². The Kier molecular flexibility index (Phi) is 7.36. The molecule has 150 valence electrons. The molecule has 1 saturated carbocycles. The van der Waals surface area contributed by atoms with Crippen LogP contribution in [0.15, 0.2) is 0 Å². The van der Waals surface area contributed by atoms with Gasteiger partial charge in [0.2, 0.25) is 0 Å². The zero-order valence-corrected chi connectivity index (χ0v) is 17.1. The summed E-state index contributed by atoms with van der Waals surface area (Å²) in [6.07, 6.45) is 9.55. The van der Waals surface area contributed by atoms with Crippen LogP contribution in [0.25, 0.3) is 0 Å². The first-order chi connectivity index (χ1) is 12.3. The lowest BCUT2D eigenvalue weighted by atomic mass is 9.62. The molecule has 5 nitrogen and oxygen atoms in total. The van der Waals surface area contributed by atoms with Crippen LogP contribution < -0.4 is 0 Å². The molecule has 1 heterocycles. The summed E-state index contributed by atoms with van der Waals surface area (Å²) in [5.41, 5.74) is -0.287. The van der Waals surface area contributed by atoms with Crippen LogP contribution in [-0.4, -0.2) is 42.3 Å². The number of likely N-dealkylation sites (tertiary alicyclic amines) is 1. The fourth-order valence-corrected chi connectivity index (χ4v) is 4.62. The van der Waals surface area contributed by atoms with E-state index in [4.69, 9.17) is 9.47 Å². The molecule has 2 fully saturated rings. The monoisotopic (exact) mass is 367 g/mol. The van der Waals surface area contributed by atoms with Crippen molar-refractivity contribution >= 4 is 12.1 Å². The van der Waals surface area contributed by atoms with Gasteiger partial charge in [0.1, 0.15) is 5.60 Å². The SMILES string of the molecule is CCOC(=O)CCC1(C2CCCCC2)CCN(C(=O)OC(C)(C)C)CC1. The van der Waals surface area contributed by atoms with Crippen molar-refractivity contribution in [2.45, 2.75) is 91.1 Å². The van der Waals surface area contributed by atoms with Crippen molar-refractivity contribution in [1.82, 2.24) is 4.90 Å². The van der Waals surface area contributed by atoms with Gasteiger partial charge in [-0.3, -0.25) is 4.79 Å². The molecule has 1 aliphatic heterocycles. The van der Waals surface area contributed by atoms with E-state index in [9.17, 15) is 9.59 Å². The summed E-state index contributed by atoms with van der Waals surface area (Å²) in [7, 11) is 0. The maximum absolute atomic E-state index is 12.4. The van der Waals surface area contributed by atoms with E-state index in [1.54, 1.807) is 0 Å². The molecule has 2 aliphatic rings. The van der Waals surface area contributed by atoms with Gasteiger partial charge in [-0.2, -0.15) is 0 Å². The van der Waals surface area contributed by atoms with Crippen molar-refractivity contribution in [3.05, 3.63) is 0 Å². The number of rotatable bonds is 5. The smallest absolute Gasteiger partial charge is 0.410 e. The van der Waals surface area contributed by atoms with Gasteiger partial charge in [0.25, 0.3) is 0 Å². The highest BCUT2D eigenvalue weighted by Gasteiger charge is 2.43. The van der Waals surface area contributed by atoms with Gasteiger partial charge in [0, 0.05) is 19.5 Å². The standard InChI is InChI=1S/C21H37NO4/c1-5-25-18(23)11-12-21(17-9-7-6-8-10-17)13-15-22(16-14-21)19(24)26-20(2,3)4/h17H,5-16H2,1-4H3. The molecular weight excluding hydrogens is 330 g/mol. The van der Waals surface area contributed by atoms with Crippen LogP contribution in [0.2, 0.25) is 0 Å². The third-order valence-corrected chi connectivity index (χ3v) is 6.01. The van der Waals surface area contributed by atoms with E-state index in [2.05, 4.69) is 0 Å². The van der Waals surface area contributed by atoms with Crippen molar-refractivity contribution in [3.63, 3.8) is 0 Å². The number of esters is 1. The average Bonchev–Trinajstić information content (AvgIpc) is 2.60. The number of hydrogen-bond acceptors (Lipinski definition) is 4. The van der Waals surface area contributed by atoms with E-state index in [1.807, 2.05) is 32.6 Å². The lowest BCUT2D eigenvalue weighted by molar-refractivity contribution is -0.144. The number of piperidine rings is 1. The van der Waals surface area contributed by atoms with Gasteiger partial charge in [-0.15, -0.1) is 0 Å². The molecule has 0 unspecified atom stereocenters. The van der Waals surface area contributed by atoms with Crippen molar-refractivity contribution in [2.75, 3.05) is 19.7 Å². The molecule has 5 heteroatoms. The van der Waals surface area contributed by atoms with E-state index in [0.717, 1.165) is 32.4 Å². The Hall–Kier alpha value is -1.26. The zero-order valence-electron chi connectivity index (χ0n) is 17.1. The highest BCUT2D eigenvalue weighted by molar-refractivity contribution is 5.69. The van der Waals surface area contributed by atoms with E-state index in [0.29, 0.717) is 18.9 Å². The molecule has 1 saturated heterocycles. The summed E-state index contributed by atoms with van der Waals surface area (Å²) in [4.78, 5) is 26.2. The molecule has 26 heavy (non-hydrogen) atoms. The minimum absolute atomic E-state index is 0.0859. The average molecular weight is 368 g/mol. The van der Waals surface area contributed by atoms with Gasteiger partial charge >= 0.3 is 12.1 Å². The van der Waals surface area contributed by atoms with Crippen molar-refractivity contribution in [2.24, 2.45) is 11.3 Å². The quantitative estimate of drug-likeness (QED) is 0.647. The third kappa shape index (κ3) is 5.88. The number of amides is 1. The number of ether oxygens (including phenoxy) is 2. The Balaban J connectivity index is 2.00. The minimum Gasteiger partial charge on any atom is -0.466 e. The predicted molar refractivity (Wildman–Crippen MR) is 102 cm³/mol. The zero-order chi connectivity index (χ0) is 19.2. The summed E-state index contributed by atoms with van der Waals surface area (Å²) in [5, 5.41) is 0. The number of carbonyl (C=O) groups excluding carboxylic acids is 2. The van der Waals surface area contributed by atoms with Gasteiger partial charge in [0.05, 0.1) is 6.61 Å². The topological polar surface area (TPSA) is 55.8 Å². The van der Waals surface area contributed by atoms with Crippen molar-refractivity contribution in [3.8, 4) is 0 Å². The summed E-state index contributed by atoms with van der Waals surface area (Å²) < 4.78 is 10.7. The second kappa shape index (κ2) is 9.09. The second-order valence-electron chi connectivity index (χ2n) is 8.97. The number of hydrogen-bond donors (Lipinski definition) is 0. The van der Waals surface area contributed by atoms with Gasteiger partial charge in [-0.25, -0.2) is 4.79 Å². The molecule has 1 aliphatic carbocycles. The molecule has 0 aromatic heterocycles. The first-order valence-corrected chi connectivity index (χ1v) is 10.4.